The summed E-state index contributed by atoms with van der Waals surface area (Å²) in [6, 6.07) is 11.8. The molecule has 0 saturated heterocycles. The molecular weight excluding hydrogens is 393 g/mol. The Labute approximate surface area is 173 Å². The second-order valence-electron chi connectivity index (χ2n) is 8.24. The summed E-state index contributed by atoms with van der Waals surface area (Å²) < 4.78 is 38.3. The van der Waals surface area contributed by atoms with Gasteiger partial charge in [0, 0.05) is 29.8 Å². The third-order valence-electron chi connectivity index (χ3n) is 5.73. The van der Waals surface area contributed by atoms with Crippen molar-refractivity contribution in [2.75, 3.05) is 5.32 Å². The van der Waals surface area contributed by atoms with Crippen LogP contribution in [-0.4, -0.2) is 22.8 Å². The molecule has 2 fully saturated rings. The number of alkyl halides is 3. The van der Waals surface area contributed by atoms with Gasteiger partial charge in [-0.3, -0.25) is 9.59 Å². The first-order valence-electron chi connectivity index (χ1n) is 10.1. The second kappa shape index (κ2) is 7.78. The summed E-state index contributed by atoms with van der Waals surface area (Å²) in [4.78, 5) is 26.8. The average molecular weight is 416 g/mol. The van der Waals surface area contributed by atoms with E-state index in [1.807, 2.05) is 6.92 Å². The minimum atomic E-state index is -4.38. The lowest BCUT2D eigenvalue weighted by Gasteiger charge is -2.23. The molecule has 0 heterocycles. The van der Waals surface area contributed by atoms with E-state index in [9.17, 15) is 22.8 Å². The summed E-state index contributed by atoms with van der Waals surface area (Å²) in [5.41, 5.74) is 1.10. The lowest BCUT2D eigenvalue weighted by Crippen LogP contribution is -2.32. The quantitative estimate of drug-likeness (QED) is 0.712. The fraction of sp³-hybridized carbons (Fsp3) is 0.391. The van der Waals surface area contributed by atoms with Gasteiger partial charge in [0.25, 0.3) is 5.91 Å². The molecular formula is C23H23F3N2O2. The predicted octanol–water partition coefficient (Wildman–Crippen LogP) is 5.10. The molecule has 2 unspecified atom stereocenters. The first kappa shape index (κ1) is 20.4. The maximum absolute atomic E-state index is 13.0. The van der Waals surface area contributed by atoms with E-state index < -0.39 is 11.7 Å². The van der Waals surface area contributed by atoms with Crippen LogP contribution in [0.3, 0.4) is 0 Å². The van der Waals surface area contributed by atoms with E-state index in [4.69, 9.17) is 0 Å². The summed E-state index contributed by atoms with van der Waals surface area (Å²) in [5.74, 6) is 0.332. The van der Waals surface area contributed by atoms with Crippen LogP contribution in [0.1, 0.15) is 47.7 Å². The Hall–Kier alpha value is -2.83. The van der Waals surface area contributed by atoms with E-state index in [2.05, 4.69) is 5.32 Å². The number of hydrogen-bond donors (Lipinski definition) is 1. The third kappa shape index (κ3) is 4.66. The van der Waals surface area contributed by atoms with Crippen LogP contribution in [0.4, 0.5) is 18.9 Å². The van der Waals surface area contributed by atoms with Crippen LogP contribution in [-0.2, 0) is 17.5 Å². The van der Waals surface area contributed by atoms with Crippen molar-refractivity contribution < 1.29 is 22.8 Å². The molecule has 2 aliphatic rings. The van der Waals surface area contributed by atoms with Crippen LogP contribution in [0.15, 0.2) is 48.5 Å². The number of benzene rings is 2. The fourth-order valence-electron chi connectivity index (χ4n) is 3.53. The number of nitrogens with one attached hydrogen (secondary N) is 1. The van der Waals surface area contributed by atoms with Crippen molar-refractivity contribution in [3.05, 3.63) is 65.2 Å². The number of nitrogens with zero attached hydrogens (tertiary/aromatic N) is 1. The topological polar surface area (TPSA) is 49.4 Å². The van der Waals surface area contributed by atoms with Crippen molar-refractivity contribution in [3.8, 4) is 0 Å². The number of carbonyl (C=O) groups is 2. The van der Waals surface area contributed by atoms with E-state index in [-0.39, 0.29) is 30.3 Å². The normalized spacial score (nSPS) is 20.5. The maximum Gasteiger partial charge on any atom is 0.416 e. The monoisotopic (exact) mass is 416 g/mol. The van der Waals surface area contributed by atoms with Crippen LogP contribution in [0, 0.1) is 11.8 Å². The first-order valence-corrected chi connectivity index (χ1v) is 10.1. The largest absolute Gasteiger partial charge is 0.416 e. The van der Waals surface area contributed by atoms with Gasteiger partial charge in [-0.15, -0.1) is 0 Å². The molecule has 4 rings (SSSR count). The van der Waals surface area contributed by atoms with E-state index in [1.54, 1.807) is 29.2 Å². The van der Waals surface area contributed by atoms with Crippen LogP contribution >= 0.6 is 0 Å². The Morgan fingerprint density at radius 2 is 1.63 bits per heavy atom. The Balaban J connectivity index is 1.42. The average Bonchev–Trinajstić information content (AvgIpc) is 3.62. The van der Waals surface area contributed by atoms with Gasteiger partial charge in [0.05, 0.1) is 5.56 Å². The Kier molecular flexibility index (Phi) is 5.30. The second-order valence-corrected chi connectivity index (χ2v) is 8.24. The molecule has 2 amide bonds. The van der Waals surface area contributed by atoms with Crippen LogP contribution in [0.2, 0.25) is 0 Å². The molecule has 30 heavy (non-hydrogen) atoms. The molecule has 4 nitrogen and oxygen atoms in total. The summed E-state index contributed by atoms with van der Waals surface area (Å²) in [6.45, 7) is 2.30. The lowest BCUT2D eigenvalue weighted by molar-refractivity contribution is -0.137. The van der Waals surface area contributed by atoms with E-state index in [0.29, 0.717) is 22.7 Å². The smallest absolute Gasteiger partial charge is 0.331 e. The molecule has 0 bridgehead atoms. The van der Waals surface area contributed by atoms with Crippen LogP contribution in [0.5, 0.6) is 0 Å². The summed E-state index contributed by atoms with van der Waals surface area (Å²) in [7, 11) is 0. The zero-order valence-electron chi connectivity index (χ0n) is 16.6. The summed E-state index contributed by atoms with van der Waals surface area (Å²) in [5, 5.41) is 2.87. The minimum absolute atomic E-state index is 0.00323. The number of halogens is 3. The zero-order chi connectivity index (χ0) is 21.5. The molecule has 0 aliphatic heterocycles. The molecule has 2 saturated carbocycles. The van der Waals surface area contributed by atoms with Crippen molar-refractivity contribution in [2.24, 2.45) is 11.8 Å². The number of carbonyl (C=O) groups excluding carboxylic acids is 2. The predicted molar refractivity (Wildman–Crippen MR) is 107 cm³/mol. The van der Waals surface area contributed by atoms with E-state index >= 15 is 0 Å². The van der Waals surface area contributed by atoms with Gasteiger partial charge in [0.2, 0.25) is 5.91 Å². The zero-order valence-corrected chi connectivity index (χ0v) is 16.6. The summed E-state index contributed by atoms with van der Waals surface area (Å²) >= 11 is 0. The highest BCUT2D eigenvalue weighted by Gasteiger charge is 2.39. The van der Waals surface area contributed by atoms with Crippen LogP contribution < -0.4 is 5.32 Å². The van der Waals surface area contributed by atoms with Crippen molar-refractivity contribution in [3.63, 3.8) is 0 Å². The SMILES string of the molecule is CC1CC1C(=O)Nc1ccc(C(=O)N(Cc2ccc(C(F)(F)F)cc2)C2CC2)cc1. The summed E-state index contributed by atoms with van der Waals surface area (Å²) in [6.07, 6.45) is -1.69. The van der Waals surface area contributed by atoms with Crippen molar-refractivity contribution >= 4 is 17.5 Å². The molecule has 2 aliphatic carbocycles. The molecule has 0 radical (unpaired) electrons. The van der Waals surface area contributed by atoms with Gasteiger partial charge in [-0.1, -0.05) is 19.1 Å². The van der Waals surface area contributed by atoms with Gasteiger partial charge >= 0.3 is 6.18 Å². The Bertz CT molecular complexity index is 934. The van der Waals surface area contributed by atoms with Gasteiger partial charge < -0.3 is 10.2 Å². The van der Waals surface area contributed by atoms with Crippen LogP contribution in [0.25, 0.3) is 0 Å². The highest BCUT2D eigenvalue weighted by molar-refractivity contribution is 5.97. The molecule has 0 spiro atoms. The number of rotatable bonds is 6. The lowest BCUT2D eigenvalue weighted by atomic mass is 10.1. The van der Waals surface area contributed by atoms with Gasteiger partial charge in [-0.25, -0.2) is 0 Å². The third-order valence-corrected chi connectivity index (χ3v) is 5.73. The fourth-order valence-corrected chi connectivity index (χ4v) is 3.53. The van der Waals surface area contributed by atoms with Gasteiger partial charge in [0.1, 0.15) is 0 Å². The van der Waals surface area contributed by atoms with Crippen molar-refractivity contribution in [1.29, 1.82) is 0 Å². The Morgan fingerprint density at radius 1 is 1.03 bits per heavy atom. The highest BCUT2D eigenvalue weighted by atomic mass is 19.4. The molecule has 158 valence electrons. The Morgan fingerprint density at radius 3 is 2.13 bits per heavy atom. The molecule has 2 aromatic carbocycles. The number of hydrogen-bond acceptors (Lipinski definition) is 2. The molecule has 7 heteroatoms. The number of amides is 2. The molecule has 2 atom stereocenters. The van der Waals surface area contributed by atoms with E-state index in [0.717, 1.165) is 31.4 Å². The van der Waals surface area contributed by atoms with Gasteiger partial charge in [-0.05, 0) is 67.1 Å². The molecule has 0 aromatic heterocycles. The van der Waals surface area contributed by atoms with Gasteiger partial charge in [0.15, 0.2) is 0 Å². The van der Waals surface area contributed by atoms with Crippen molar-refractivity contribution in [1.82, 2.24) is 4.90 Å². The number of anilines is 1. The minimum Gasteiger partial charge on any atom is -0.331 e. The highest BCUT2D eigenvalue weighted by Crippen LogP contribution is 2.38. The first-order chi connectivity index (χ1) is 14.2. The van der Waals surface area contributed by atoms with E-state index in [1.165, 1.54) is 12.1 Å². The molecule has 1 N–H and O–H groups in total. The van der Waals surface area contributed by atoms with Gasteiger partial charge in [-0.2, -0.15) is 13.2 Å². The molecule has 2 aromatic rings. The standard InChI is InChI=1S/C23H23F3N2O2/c1-14-12-20(14)21(29)27-18-8-4-16(5-9-18)22(30)28(19-10-11-19)13-15-2-6-17(7-3-15)23(24,25)26/h2-9,14,19-20H,10-13H2,1H3,(H,27,29). The van der Waals surface area contributed by atoms with Crippen molar-refractivity contribution in [2.45, 2.75) is 44.9 Å². The maximum atomic E-state index is 13.0.